The number of ether oxygens (including phenoxy) is 1. The van der Waals surface area contributed by atoms with Crippen molar-refractivity contribution in [3.63, 3.8) is 0 Å². The van der Waals surface area contributed by atoms with Crippen LogP contribution >= 0.6 is 22.6 Å². The topological polar surface area (TPSA) is 26.2 Å². The fourth-order valence-electron chi connectivity index (χ4n) is 2.59. The molecule has 2 aromatic heterocycles. The highest BCUT2D eigenvalue weighted by atomic mass is 127. The Hall–Kier alpha value is -1.56. The predicted molar refractivity (Wildman–Crippen MR) is 99.5 cm³/mol. The lowest BCUT2D eigenvalue weighted by Gasteiger charge is -2.06. The van der Waals surface area contributed by atoms with Crippen molar-refractivity contribution in [2.45, 2.75) is 32.8 Å². The molecule has 120 valence electrons. The number of unbranched alkanes of at least 4 members (excludes halogenated alkanes) is 1. The molecule has 0 fully saturated rings. The van der Waals surface area contributed by atoms with Gasteiger partial charge in [-0.2, -0.15) is 4.57 Å². The van der Waals surface area contributed by atoms with Gasteiger partial charge in [-0.15, -0.1) is 0 Å². The van der Waals surface area contributed by atoms with Gasteiger partial charge >= 0.3 is 5.71 Å². The number of aromatic nitrogens is 1. The minimum atomic E-state index is 0.565. The molecule has 0 saturated heterocycles. The van der Waals surface area contributed by atoms with Crippen molar-refractivity contribution < 1.29 is 13.7 Å². The fourth-order valence-corrected chi connectivity index (χ4v) is 3.47. The van der Waals surface area contributed by atoms with Crippen molar-refractivity contribution in [3.8, 4) is 5.75 Å². The van der Waals surface area contributed by atoms with Crippen LogP contribution in [0.2, 0.25) is 0 Å². The standard InChI is InChI=1S/C19H21INO2/c1-3-4-10-16-18(20)17-15(11-12-21(2)19(17)23-16)22-13-14-8-6-5-7-9-14/h5-9,11-12H,3-4,10,13H2,1-2H3/q+1. The number of benzene rings is 1. The maximum absolute atomic E-state index is 6.10. The summed E-state index contributed by atoms with van der Waals surface area (Å²) in [6.07, 6.45) is 5.27. The van der Waals surface area contributed by atoms with Gasteiger partial charge < -0.3 is 9.15 Å². The number of halogens is 1. The molecular formula is C19H21INO2+. The first-order chi connectivity index (χ1) is 11.2. The second-order valence-electron chi connectivity index (χ2n) is 5.69. The summed E-state index contributed by atoms with van der Waals surface area (Å²) in [6, 6.07) is 12.3. The van der Waals surface area contributed by atoms with Crippen LogP contribution in [0.15, 0.2) is 47.0 Å². The molecule has 0 aliphatic heterocycles. The normalized spacial score (nSPS) is 11.1. The molecule has 0 aliphatic rings. The van der Waals surface area contributed by atoms with Crippen molar-refractivity contribution in [2.75, 3.05) is 0 Å². The highest BCUT2D eigenvalue weighted by Gasteiger charge is 2.23. The molecule has 3 rings (SSSR count). The number of rotatable bonds is 6. The van der Waals surface area contributed by atoms with Gasteiger partial charge in [0.2, 0.25) is 0 Å². The van der Waals surface area contributed by atoms with Crippen LogP contribution < -0.4 is 9.30 Å². The van der Waals surface area contributed by atoms with Crippen molar-refractivity contribution in [1.82, 2.24) is 0 Å². The molecule has 0 radical (unpaired) electrons. The molecule has 0 saturated carbocycles. The Kier molecular flexibility index (Phi) is 5.20. The summed E-state index contributed by atoms with van der Waals surface area (Å²) in [5, 5.41) is 1.08. The van der Waals surface area contributed by atoms with Crippen LogP contribution in [0.3, 0.4) is 0 Å². The van der Waals surface area contributed by atoms with E-state index in [1.807, 2.05) is 42.1 Å². The van der Waals surface area contributed by atoms with Crippen molar-refractivity contribution in [3.05, 3.63) is 57.5 Å². The Labute approximate surface area is 150 Å². The van der Waals surface area contributed by atoms with Crippen LogP contribution in [0.5, 0.6) is 5.75 Å². The molecule has 1 aromatic carbocycles. The number of furan rings is 1. The number of hydrogen-bond acceptors (Lipinski definition) is 2. The minimum Gasteiger partial charge on any atom is -0.488 e. The van der Waals surface area contributed by atoms with E-state index in [-0.39, 0.29) is 0 Å². The Bertz CT molecular complexity index is 796. The molecule has 0 amide bonds. The molecule has 0 atom stereocenters. The zero-order chi connectivity index (χ0) is 16.2. The fraction of sp³-hybridized carbons (Fsp3) is 0.316. The smallest absolute Gasteiger partial charge is 0.385 e. The van der Waals surface area contributed by atoms with E-state index < -0.39 is 0 Å². The molecule has 0 spiro atoms. The Morgan fingerprint density at radius 2 is 1.96 bits per heavy atom. The molecule has 2 heterocycles. The van der Waals surface area contributed by atoms with Gasteiger partial charge in [-0.05, 0) is 34.6 Å². The lowest BCUT2D eigenvalue weighted by Crippen LogP contribution is -2.27. The van der Waals surface area contributed by atoms with E-state index in [0.717, 1.165) is 41.9 Å². The molecule has 0 unspecified atom stereocenters. The summed E-state index contributed by atoms with van der Waals surface area (Å²) < 4.78 is 15.4. The SMILES string of the molecule is CCCCc1oc2c(c(OCc3ccccc3)cc[n+]2C)c1I. The third-order valence-electron chi connectivity index (χ3n) is 3.91. The van der Waals surface area contributed by atoms with Gasteiger partial charge in [-0.1, -0.05) is 43.7 Å². The van der Waals surface area contributed by atoms with E-state index in [2.05, 4.69) is 41.6 Å². The van der Waals surface area contributed by atoms with E-state index in [1.165, 1.54) is 9.13 Å². The van der Waals surface area contributed by atoms with Crippen LogP contribution in [-0.4, -0.2) is 0 Å². The predicted octanol–water partition coefficient (Wildman–Crippen LogP) is 4.78. The first kappa shape index (κ1) is 16.3. The second kappa shape index (κ2) is 7.34. The summed E-state index contributed by atoms with van der Waals surface area (Å²) >= 11 is 2.38. The molecular weight excluding hydrogens is 401 g/mol. The van der Waals surface area contributed by atoms with Gasteiger partial charge in [-0.25, -0.2) is 0 Å². The number of fused-ring (bicyclic) bond motifs is 1. The van der Waals surface area contributed by atoms with Crippen molar-refractivity contribution in [1.29, 1.82) is 0 Å². The minimum absolute atomic E-state index is 0.565. The summed E-state index contributed by atoms with van der Waals surface area (Å²) in [5.41, 5.74) is 2.05. The maximum atomic E-state index is 6.10. The van der Waals surface area contributed by atoms with Crippen LogP contribution in [0.25, 0.3) is 11.1 Å². The van der Waals surface area contributed by atoms with Gasteiger partial charge in [0.1, 0.15) is 30.6 Å². The highest BCUT2D eigenvalue weighted by molar-refractivity contribution is 14.1. The zero-order valence-electron chi connectivity index (χ0n) is 13.5. The highest BCUT2D eigenvalue weighted by Crippen LogP contribution is 2.33. The van der Waals surface area contributed by atoms with Crippen molar-refractivity contribution in [2.24, 2.45) is 7.05 Å². The van der Waals surface area contributed by atoms with Crippen LogP contribution in [-0.2, 0) is 20.1 Å². The third-order valence-corrected chi connectivity index (χ3v) is 5.05. The third kappa shape index (κ3) is 3.52. The molecule has 23 heavy (non-hydrogen) atoms. The zero-order valence-corrected chi connectivity index (χ0v) is 15.7. The van der Waals surface area contributed by atoms with E-state index in [1.54, 1.807) is 0 Å². The monoisotopic (exact) mass is 422 g/mol. The molecule has 0 N–H and O–H groups in total. The van der Waals surface area contributed by atoms with E-state index >= 15 is 0 Å². The van der Waals surface area contributed by atoms with Gasteiger partial charge in [0.05, 0.1) is 3.57 Å². The maximum Gasteiger partial charge on any atom is 0.385 e. The Morgan fingerprint density at radius 1 is 1.17 bits per heavy atom. The number of hydrogen-bond donors (Lipinski definition) is 0. The van der Waals surface area contributed by atoms with Crippen LogP contribution in [0.4, 0.5) is 0 Å². The van der Waals surface area contributed by atoms with E-state index in [0.29, 0.717) is 6.61 Å². The lowest BCUT2D eigenvalue weighted by atomic mass is 10.2. The average molecular weight is 422 g/mol. The summed E-state index contributed by atoms with van der Waals surface area (Å²) in [5.74, 6) is 1.95. The molecule has 0 aliphatic carbocycles. The summed E-state index contributed by atoms with van der Waals surface area (Å²) in [4.78, 5) is 0. The number of nitrogens with zero attached hydrogens (tertiary/aromatic N) is 1. The number of pyridine rings is 1. The van der Waals surface area contributed by atoms with Gasteiger partial charge in [-0.3, -0.25) is 0 Å². The molecule has 4 heteroatoms. The number of aryl methyl sites for hydroxylation is 2. The molecule has 3 nitrogen and oxygen atoms in total. The molecule has 3 aromatic rings. The quantitative estimate of drug-likeness (QED) is 0.422. The molecule has 0 bridgehead atoms. The average Bonchev–Trinajstić information content (AvgIpc) is 2.91. The Balaban J connectivity index is 1.93. The first-order valence-corrected chi connectivity index (χ1v) is 9.04. The second-order valence-corrected chi connectivity index (χ2v) is 6.77. The van der Waals surface area contributed by atoms with E-state index in [4.69, 9.17) is 9.15 Å². The summed E-state index contributed by atoms with van der Waals surface area (Å²) in [7, 11) is 2.01. The van der Waals surface area contributed by atoms with E-state index in [9.17, 15) is 0 Å². The largest absolute Gasteiger partial charge is 0.488 e. The lowest BCUT2D eigenvalue weighted by molar-refractivity contribution is -0.651. The Morgan fingerprint density at radius 3 is 2.70 bits per heavy atom. The van der Waals surface area contributed by atoms with Crippen LogP contribution in [0.1, 0.15) is 31.1 Å². The van der Waals surface area contributed by atoms with Crippen molar-refractivity contribution >= 4 is 33.7 Å². The van der Waals surface area contributed by atoms with Gasteiger partial charge in [0, 0.05) is 12.5 Å². The van der Waals surface area contributed by atoms with Gasteiger partial charge in [0.15, 0.2) is 6.20 Å². The van der Waals surface area contributed by atoms with Gasteiger partial charge in [0.25, 0.3) is 0 Å². The van der Waals surface area contributed by atoms with Crippen LogP contribution in [0, 0.1) is 3.57 Å². The summed E-state index contributed by atoms with van der Waals surface area (Å²) in [6.45, 7) is 2.76. The first-order valence-electron chi connectivity index (χ1n) is 7.97.